The third kappa shape index (κ3) is 6.77. The maximum atomic E-state index is 13.1. The first kappa shape index (κ1) is 23.7. The standard InChI is InChI=1S/C24H31ClN2O3/c1-5-18(4)26-24(29)22(6-2)27(15-19-9-7-8-10-21(19)25)23(28)16-30-20-13-11-17(3)12-14-20/h7-14,18,22H,5-6,15-16H2,1-4H3,(H,26,29)/t18-,22-/m1/s1. The lowest BCUT2D eigenvalue weighted by molar-refractivity contribution is -0.143. The Labute approximate surface area is 184 Å². The first-order valence-electron chi connectivity index (χ1n) is 10.4. The molecule has 0 saturated carbocycles. The number of nitrogens with one attached hydrogen (secondary N) is 1. The van der Waals surface area contributed by atoms with Gasteiger partial charge in [0.25, 0.3) is 5.91 Å². The second kappa shape index (κ2) is 11.6. The van der Waals surface area contributed by atoms with Crippen molar-refractivity contribution in [2.75, 3.05) is 6.61 Å². The number of hydrogen-bond donors (Lipinski definition) is 1. The number of rotatable bonds is 10. The predicted molar refractivity (Wildman–Crippen MR) is 121 cm³/mol. The highest BCUT2D eigenvalue weighted by atomic mass is 35.5. The maximum absolute atomic E-state index is 13.1. The van der Waals surface area contributed by atoms with E-state index in [0.29, 0.717) is 17.2 Å². The van der Waals surface area contributed by atoms with Crippen LogP contribution in [0.2, 0.25) is 5.02 Å². The summed E-state index contributed by atoms with van der Waals surface area (Å²) in [5, 5.41) is 3.55. The molecular weight excluding hydrogens is 400 g/mol. The Balaban J connectivity index is 2.21. The van der Waals surface area contributed by atoms with Crippen LogP contribution < -0.4 is 10.1 Å². The van der Waals surface area contributed by atoms with E-state index in [9.17, 15) is 9.59 Å². The fraction of sp³-hybridized carbons (Fsp3) is 0.417. The van der Waals surface area contributed by atoms with E-state index in [1.807, 2.05) is 70.2 Å². The van der Waals surface area contributed by atoms with Crippen LogP contribution in [-0.2, 0) is 16.1 Å². The third-order valence-electron chi connectivity index (χ3n) is 5.07. The van der Waals surface area contributed by atoms with E-state index in [1.54, 1.807) is 11.0 Å². The Morgan fingerprint density at radius 2 is 1.73 bits per heavy atom. The van der Waals surface area contributed by atoms with Crippen LogP contribution >= 0.6 is 11.6 Å². The predicted octanol–water partition coefficient (Wildman–Crippen LogP) is 4.75. The Hall–Kier alpha value is -2.53. The van der Waals surface area contributed by atoms with Crippen LogP contribution in [0.3, 0.4) is 0 Å². The highest BCUT2D eigenvalue weighted by molar-refractivity contribution is 6.31. The number of nitrogens with zero attached hydrogens (tertiary/aromatic N) is 1. The van der Waals surface area contributed by atoms with Crippen molar-refractivity contribution >= 4 is 23.4 Å². The molecule has 2 aromatic carbocycles. The molecule has 0 fully saturated rings. The quantitative estimate of drug-likeness (QED) is 0.591. The van der Waals surface area contributed by atoms with Gasteiger partial charge in [-0.05, 0) is 50.5 Å². The fourth-order valence-electron chi connectivity index (χ4n) is 3.03. The number of halogens is 1. The third-order valence-corrected chi connectivity index (χ3v) is 5.44. The summed E-state index contributed by atoms with van der Waals surface area (Å²) in [6.45, 7) is 7.93. The van der Waals surface area contributed by atoms with Crippen molar-refractivity contribution < 1.29 is 14.3 Å². The number of amides is 2. The van der Waals surface area contributed by atoms with Gasteiger partial charge in [0.2, 0.25) is 5.91 Å². The van der Waals surface area contributed by atoms with Crippen LogP contribution in [0, 0.1) is 6.92 Å². The molecular formula is C24H31ClN2O3. The largest absolute Gasteiger partial charge is 0.484 e. The number of ether oxygens (including phenoxy) is 1. The SMILES string of the molecule is CC[C@@H](C)NC(=O)[C@@H](CC)N(Cc1ccccc1Cl)C(=O)COc1ccc(C)cc1. The van der Waals surface area contributed by atoms with Crippen LogP contribution in [0.5, 0.6) is 5.75 Å². The van der Waals surface area contributed by atoms with Crippen molar-refractivity contribution in [3.8, 4) is 5.75 Å². The molecule has 0 aromatic heterocycles. The van der Waals surface area contributed by atoms with Crippen LogP contribution in [0.25, 0.3) is 0 Å². The molecule has 2 amide bonds. The average molecular weight is 431 g/mol. The number of aryl methyl sites for hydroxylation is 1. The Bertz CT molecular complexity index is 839. The van der Waals surface area contributed by atoms with Crippen LogP contribution in [-0.4, -0.2) is 35.4 Å². The minimum absolute atomic E-state index is 0.0348. The zero-order valence-corrected chi connectivity index (χ0v) is 18.9. The molecule has 0 unspecified atom stereocenters. The first-order chi connectivity index (χ1) is 14.3. The first-order valence-corrected chi connectivity index (χ1v) is 10.8. The van der Waals surface area contributed by atoms with Crippen molar-refractivity contribution in [2.45, 2.75) is 59.2 Å². The minimum Gasteiger partial charge on any atom is -0.484 e. The molecule has 0 heterocycles. The van der Waals surface area contributed by atoms with Gasteiger partial charge in [0.1, 0.15) is 11.8 Å². The molecule has 0 aliphatic carbocycles. The number of hydrogen-bond acceptors (Lipinski definition) is 3. The average Bonchev–Trinajstić information content (AvgIpc) is 2.74. The summed E-state index contributed by atoms with van der Waals surface area (Å²) < 4.78 is 5.69. The van der Waals surface area contributed by atoms with Crippen molar-refractivity contribution in [2.24, 2.45) is 0 Å². The van der Waals surface area contributed by atoms with Gasteiger partial charge >= 0.3 is 0 Å². The summed E-state index contributed by atoms with van der Waals surface area (Å²) in [7, 11) is 0. The highest BCUT2D eigenvalue weighted by Gasteiger charge is 2.29. The maximum Gasteiger partial charge on any atom is 0.261 e. The van der Waals surface area contributed by atoms with E-state index in [1.165, 1.54) is 0 Å². The summed E-state index contributed by atoms with van der Waals surface area (Å²) in [6.07, 6.45) is 1.31. The molecule has 30 heavy (non-hydrogen) atoms. The Morgan fingerprint density at radius 1 is 1.07 bits per heavy atom. The van der Waals surface area contributed by atoms with Crippen LogP contribution in [0.1, 0.15) is 44.7 Å². The van der Waals surface area contributed by atoms with Crippen molar-refractivity contribution in [3.05, 3.63) is 64.7 Å². The number of carbonyl (C=O) groups is 2. The van der Waals surface area contributed by atoms with Gasteiger partial charge in [-0.25, -0.2) is 0 Å². The van der Waals surface area contributed by atoms with E-state index in [4.69, 9.17) is 16.3 Å². The van der Waals surface area contributed by atoms with E-state index < -0.39 is 6.04 Å². The molecule has 2 rings (SSSR count). The molecule has 1 N–H and O–H groups in total. The van der Waals surface area contributed by atoms with E-state index in [2.05, 4.69) is 5.32 Å². The number of benzene rings is 2. The molecule has 0 radical (unpaired) electrons. The lowest BCUT2D eigenvalue weighted by Crippen LogP contribution is -2.51. The molecule has 6 heteroatoms. The summed E-state index contributed by atoms with van der Waals surface area (Å²) in [4.78, 5) is 27.6. The molecule has 0 aliphatic rings. The van der Waals surface area contributed by atoms with E-state index >= 15 is 0 Å². The van der Waals surface area contributed by atoms with Crippen molar-refractivity contribution in [1.82, 2.24) is 10.2 Å². The van der Waals surface area contributed by atoms with Gasteiger partial charge in [-0.3, -0.25) is 9.59 Å². The lowest BCUT2D eigenvalue weighted by Gasteiger charge is -2.31. The number of carbonyl (C=O) groups excluding carboxylic acids is 2. The van der Waals surface area contributed by atoms with Gasteiger partial charge in [0, 0.05) is 17.6 Å². The van der Waals surface area contributed by atoms with Gasteiger partial charge in [0.05, 0.1) is 0 Å². The summed E-state index contributed by atoms with van der Waals surface area (Å²) in [6, 6.07) is 14.3. The summed E-state index contributed by atoms with van der Waals surface area (Å²) in [5.41, 5.74) is 1.90. The van der Waals surface area contributed by atoms with Gasteiger partial charge in [-0.1, -0.05) is 61.3 Å². The van der Waals surface area contributed by atoms with Gasteiger partial charge in [-0.2, -0.15) is 0 Å². The molecule has 0 aliphatic heterocycles. The highest BCUT2D eigenvalue weighted by Crippen LogP contribution is 2.20. The summed E-state index contributed by atoms with van der Waals surface area (Å²) in [5.74, 6) is 0.188. The zero-order valence-electron chi connectivity index (χ0n) is 18.2. The zero-order chi connectivity index (χ0) is 22.1. The summed E-state index contributed by atoms with van der Waals surface area (Å²) >= 11 is 6.33. The van der Waals surface area contributed by atoms with Crippen molar-refractivity contribution in [3.63, 3.8) is 0 Å². The van der Waals surface area contributed by atoms with Gasteiger partial charge in [-0.15, -0.1) is 0 Å². The Kier molecular flexibility index (Phi) is 9.18. The minimum atomic E-state index is -0.607. The molecule has 2 atom stereocenters. The molecule has 0 bridgehead atoms. The molecule has 162 valence electrons. The molecule has 5 nitrogen and oxygen atoms in total. The monoisotopic (exact) mass is 430 g/mol. The van der Waals surface area contributed by atoms with Crippen LogP contribution in [0.4, 0.5) is 0 Å². The van der Waals surface area contributed by atoms with Crippen LogP contribution in [0.15, 0.2) is 48.5 Å². The second-order valence-electron chi connectivity index (χ2n) is 7.46. The Morgan fingerprint density at radius 3 is 2.33 bits per heavy atom. The topological polar surface area (TPSA) is 58.6 Å². The van der Waals surface area contributed by atoms with Gasteiger partial charge < -0.3 is 15.0 Å². The molecule has 0 spiro atoms. The van der Waals surface area contributed by atoms with E-state index in [-0.39, 0.29) is 31.0 Å². The fourth-order valence-corrected chi connectivity index (χ4v) is 3.23. The van der Waals surface area contributed by atoms with Gasteiger partial charge in [0.15, 0.2) is 6.61 Å². The smallest absolute Gasteiger partial charge is 0.261 e. The van der Waals surface area contributed by atoms with Crippen molar-refractivity contribution in [1.29, 1.82) is 0 Å². The normalized spacial score (nSPS) is 12.7. The van der Waals surface area contributed by atoms with E-state index in [0.717, 1.165) is 17.5 Å². The molecule has 2 aromatic rings. The molecule has 0 saturated heterocycles. The second-order valence-corrected chi connectivity index (χ2v) is 7.86. The lowest BCUT2D eigenvalue weighted by atomic mass is 10.1.